The standard InChI is InChI=1S/C50H68BN4O9/c1-10-46(59)24-32-25-49(44(57)62-8,40-33(15-19-54(27-32)28-46)34-21-31(26-52-29(3)4)13-14-37(34)51-40)36-22-35-38(23-39(36)61-7)53(6)42-48(35)17-20-55-18-12-16-47(11-2,41(48)55)43(64-30(5)56)50(42,60)45(58)63-9/h12-14,16,21-23,29,32,36,39,41-43,52,59-60H,10-11,15,17-20,24-28H2,1-9H3/t32-,36?,39?,41+,42-,43-,46+,47-,48-,49+,50+/m1/s1. The third kappa shape index (κ3) is 6.35. The fourth-order valence-corrected chi connectivity index (χ4v) is 14.6. The molecule has 1 radical (unpaired) electrons. The second-order valence-corrected chi connectivity index (χ2v) is 20.5. The maximum atomic E-state index is 15.6. The summed E-state index contributed by atoms with van der Waals surface area (Å²) in [5.74, 6) is -2.47. The molecule has 1 spiro atoms. The van der Waals surface area contributed by atoms with Crippen molar-refractivity contribution in [2.24, 2.45) is 28.1 Å². The van der Waals surface area contributed by atoms with Crippen molar-refractivity contribution in [3.8, 4) is 0 Å². The molecule has 1 aromatic carbocycles. The number of allylic oxidation sites excluding steroid dienone is 1. The van der Waals surface area contributed by atoms with Crippen LogP contribution in [0.3, 0.4) is 0 Å². The van der Waals surface area contributed by atoms with Gasteiger partial charge in [-0.3, -0.25) is 19.4 Å². The average Bonchev–Trinajstić information content (AvgIpc) is 3.94. The number of methoxy groups -OCH3 is 3. The molecule has 2 aliphatic carbocycles. The number of carbonyl (C=O) groups is 3. The van der Waals surface area contributed by atoms with Crippen LogP contribution in [-0.4, -0.2) is 153 Å². The summed E-state index contributed by atoms with van der Waals surface area (Å²) in [5.41, 5.74) is 0.786. The van der Waals surface area contributed by atoms with Gasteiger partial charge in [-0.15, -0.1) is 0 Å². The average molecular weight is 880 g/mol. The number of carbonyl (C=O) groups excluding carboxylic acids is 3. The summed E-state index contributed by atoms with van der Waals surface area (Å²) in [7, 11) is 8.54. The molecule has 345 valence electrons. The van der Waals surface area contributed by atoms with Gasteiger partial charge in [-0.05, 0) is 79.3 Å². The summed E-state index contributed by atoms with van der Waals surface area (Å²) in [6.45, 7) is 13.8. The Morgan fingerprint density at radius 3 is 2.44 bits per heavy atom. The fourth-order valence-electron chi connectivity index (χ4n) is 14.6. The highest BCUT2D eigenvalue weighted by molar-refractivity contribution is 6.67. The smallest absolute Gasteiger partial charge is 0.344 e. The van der Waals surface area contributed by atoms with Gasteiger partial charge in [-0.2, -0.15) is 0 Å². The number of likely N-dealkylation sites (N-methyl/N-ethyl adjacent to an activating group) is 1. The molecule has 4 fully saturated rings. The predicted molar refractivity (Wildman–Crippen MR) is 243 cm³/mol. The number of esters is 3. The van der Waals surface area contributed by atoms with Crippen molar-refractivity contribution in [3.05, 3.63) is 70.4 Å². The number of benzene rings is 1. The topological polar surface area (TPSA) is 150 Å². The van der Waals surface area contributed by atoms with Gasteiger partial charge in [0.05, 0.1) is 37.4 Å². The first-order chi connectivity index (χ1) is 30.5. The Morgan fingerprint density at radius 1 is 1.00 bits per heavy atom. The quantitative estimate of drug-likeness (QED) is 0.137. The van der Waals surface area contributed by atoms with E-state index in [1.54, 1.807) is 7.11 Å². The van der Waals surface area contributed by atoms with Crippen LogP contribution in [0.25, 0.3) is 5.57 Å². The molecule has 64 heavy (non-hydrogen) atoms. The molecule has 1 aromatic rings. The first-order valence-electron chi connectivity index (χ1n) is 23.6. The van der Waals surface area contributed by atoms with E-state index in [1.165, 1.54) is 21.1 Å². The lowest BCUT2D eigenvalue weighted by atomic mass is 9.46. The van der Waals surface area contributed by atoms with E-state index in [0.717, 1.165) is 52.0 Å². The third-order valence-corrected chi connectivity index (χ3v) is 17.0. The van der Waals surface area contributed by atoms with E-state index in [-0.39, 0.29) is 17.9 Å². The van der Waals surface area contributed by atoms with E-state index >= 15 is 4.79 Å². The summed E-state index contributed by atoms with van der Waals surface area (Å²) in [5, 5.41) is 29.1. The highest BCUT2D eigenvalue weighted by Gasteiger charge is 2.81. The number of aliphatic hydroxyl groups is 2. The van der Waals surface area contributed by atoms with Crippen LogP contribution in [0, 0.1) is 28.1 Å². The Hall–Kier alpha value is -3.79. The summed E-state index contributed by atoms with van der Waals surface area (Å²) < 4.78 is 24.4. The highest BCUT2D eigenvalue weighted by Crippen LogP contribution is 2.70. The van der Waals surface area contributed by atoms with Crippen LogP contribution in [0.2, 0.25) is 0 Å². The van der Waals surface area contributed by atoms with Crippen molar-refractivity contribution in [3.63, 3.8) is 0 Å². The van der Waals surface area contributed by atoms with Crippen LogP contribution in [0.5, 0.6) is 0 Å². The molecule has 1 saturated carbocycles. The first kappa shape index (κ1) is 45.4. The molecular formula is C50H68BN4O9. The first-order valence-corrected chi connectivity index (χ1v) is 23.6. The minimum atomic E-state index is -2.29. The fraction of sp³-hybridized carbons (Fsp3) is 0.660. The summed E-state index contributed by atoms with van der Waals surface area (Å²) in [6, 6.07) is 5.74. The molecule has 9 rings (SSSR count). The molecule has 3 unspecified atom stereocenters. The molecule has 0 aromatic heterocycles. The van der Waals surface area contributed by atoms with Gasteiger partial charge in [0.2, 0.25) is 5.60 Å². The maximum Gasteiger partial charge on any atom is 0.344 e. The number of ether oxygens (including phenoxy) is 4. The SMILES string of the molecule is CC[C@]1(O)C[C@H]2CN(CCC3=C([B]c4ccc(CNC(C)C)cc43)[C@@](C(=O)OC)(C3C=C4C(=CC3OC)N(C)[C@H]3[C@@](O)(C(=O)OC)[C@H](OC(C)=O)[C@]5(CC)C=CCN6CC[C@]43[C@@H]65)C2)C1. The lowest BCUT2D eigenvalue weighted by Crippen LogP contribution is -2.79. The second kappa shape index (κ2) is 16.2. The number of rotatable bonds is 10. The Balaban J connectivity index is 1.30. The Labute approximate surface area is 379 Å². The molecule has 14 heteroatoms. The normalized spacial score (nSPS) is 39.5. The molecule has 6 heterocycles. The zero-order valence-electron chi connectivity index (χ0n) is 39.2. The van der Waals surface area contributed by atoms with E-state index in [1.807, 2.05) is 25.8 Å². The van der Waals surface area contributed by atoms with Gasteiger partial charge in [0.1, 0.15) is 0 Å². The van der Waals surface area contributed by atoms with Gasteiger partial charge < -0.3 is 39.4 Å². The Bertz CT molecular complexity index is 2230. The van der Waals surface area contributed by atoms with Crippen LogP contribution < -0.4 is 10.8 Å². The van der Waals surface area contributed by atoms with Gasteiger partial charge in [-0.25, -0.2) is 4.79 Å². The van der Waals surface area contributed by atoms with Crippen molar-refractivity contribution in [1.82, 2.24) is 20.0 Å². The summed E-state index contributed by atoms with van der Waals surface area (Å²) in [6.07, 6.45) is 9.88. The predicted octanol–water partition coefficient (Wildman–Crippen LogP) is 3.30. The van der Waals surface area contributed by atoms with Gasteiger partial charge in [0.15, 0.2) is 13.4 Å². The molecule has 3 saturated heterocycles. The molecule has 6 aliphatic heterocycles. The van der Waals surface area contributed by atoms with Gasteiger partial charge in [0.25, 0.3) is 0 Å². The van der Waals surface area contributed by atoms with Crippen LogP contribution in [0.1, 0.15) is 84.3 Å². The number of fused-ring (bicyclic) bond motifs is 5. The van der Waals surface area contributed by atoms with Crippen molar-refractivity contribution in [2.75, 3.05) is 61.1 Å². The van der Waals surface area contributed by atoms with Crippen molar-refractivity contribution < 1.29 is 43.5 Å². The number of hydrogen-bond donors (Lipinski definition) is 3. The number of nitrogens with one attached hydrogen (secondary N) is 1. The Kier molecular flexibility index (Phi) is 11.5. The zero-order valence-corrected chi connectivity index (χ0v) is 39.2. The zero-order chi connectivity index (χ0) is 45.7. The number of likely N-dealkylation sites (tertiary alicyclic amines) is 1. The minimum Gasteiger partial charge on any atom is -0.468 e. The highest BCUT2D eigenvalue weighted by atomic mass is 16.6. The van der Waals surface area contributed by atoms with E-state index in [4.69, 9.17) is 18.9 Å². The molecule has 3 N–H and O–H groups in total. The van der Waals surface area contributed by atoms with E-state index in [2.05, 4.69) is 78.7 Å². The number of piperidine rings is 1. The molecule has 8 aliphatic rings. The molecule has 0 amide bonds. The second-order valence-electron chi connectivity index (χ2n) is 20.5. The molecule has 12 atom stereocenters. The summed E-state index contributed by atoms with van der Waals surface area (Å²) in [4.78, 5) is 50.0. The maximum absolute atomic E-state index is 15.6. The van der Waals surface area contributed by atoms with Crippen molar-refractivity contribution >= 4 is 36.2 Å². The van der Waals surface area contributed by atoms with Gasteiger partial charge >= 0.3 is 17.9 Å². The van der Waals surface area contributed by atoms with Crippen LogP contribution in [-0.2, 0) is 39.9 Å². The van der Waals surface area contributed by atoms with E-state index < -0.39 is 63.6 Å². The Morgan fingerprint density at radius 2 is 1.77 bits per heavy atom. The molecular weight excluding hydrogens is 811 g/mol. The molecule has 13 nitrogen and oxygen atoms in total. The lowest BCUT2D eigenvalue weighted by Gasteiger charge is -2.63. The number of nitrogens with zero attached hydrogens (tertiary/aromatic N) is 3. The molecule has 2 bridgehead atoms. The van der Waals surface area contributed by atoms with E-state index in [9.17, 15) is 19.8 Å². The van der Waals surface area contributed by atoms with Crippen LogP contribution in [0.15, 0.2) is 59.2 Å². The van der Waals surface area contributed by atoms with Crippen molar-refractivity contribution in [2.45, 2.75) is 121 Å². The minimum absolute atomic E-state index is 0.0622. The van der Waals surface area contributed by atoms with Crippen LogP contribution >= 0.6 is 0 Å². The van der Waals surface area contributed by atoms with Gasteiger partial charge in [-0.1, -0.05) is 75.1 Å². The largest absolute Gasteiger partial charge is 0.468 e. The van der Waals surface area contributed by atoms with Crippen molar-refractivity contribution in [1.29, 1.82) is 0 Å². The number of hydrogen-bond acceptors (Lipinski definition) is 13. The summed E-state index contributed by atoms with van der Waals surface area (Å²) >= 11 is 0. The third-order valence-electron chi connectivity index (χ3n) is 17.0. The monoisotopic (exact) mass is 880 g/mol. The lowest BCUT2D eigenvalue weighted by molar-refractivity contribution is -0.243. The van der Waals surface area contributed by atoms with E-state index in [0.29, 0.717) is 70.7 Å². The van der Waals surface area contributed by atoms with Gasteiger partial charge in [0, 0.05) is 88.3 Å². The van der Waals surface area contributed by atoms with Crippen LogP contribution in [0.4, 0.5) is 0 Å².